The number of thioether (sulfide) groups is 1. The van der Waals surface area contributed by atoms with Gasteiger partial charge < -0.3 is 10.1 Å². The number of hydrogen-bond acceptors (Lipinski definition) is 4. The Balaban J connectivity index is 1.52. The number of halogens is 5. The molecule has 3 aromatic rings. The monoisotopic (exact) mass is 614 g/mol. The summed E-state index contributed by atoms with van der Waals surface area (Å²) in [5.74, 6) is 0.227. The van der Waals surface area contributed by atoms with Gasteiger partial charge in [-0.05, 0) is 88.2 Å². The first-order valence-electron chi connectivity index (χ1n) is 9.81. The van der Waals surface area contributed by atoms with E-state index in [1.165, 1.54) is 11.8 Å². The molecule has 1 fully saturated rings. The van der Waals surface area contributed by atoms with Crippen LogP contribution in [0.25, 0.3) is 6.08 Å². The lowest BCUT2D eigenvalue weighted by Gasteiger charge is -2.12. The van der Waals surface area contributed by atoms with Gasteiger partial charge in [0.2, 0.25) is 0 Å². The van der Waals surface area contributed by atoms with Crippen molar-refractivity contribution in [2.24, 2.45) is 4.99 Å². The standard InChI is InChI=1S/C24H15BrCl4N2O2S/c1-12-17(27)3-2-4-20(12)30-24-31-23(32)21(34-24)9-13-7-16(25)22(19(29)8-13)33-11-14-5-6-15(26)10-18(14)28/h2-10H,11H2,1H3,(H,30,31,32)/b21-9+. The molecule has 0 radical (unpaired) electrons. The average molecular weight is 617 g/mol. The molecular formula is C24H15BrCl4N2O2S. The lowest BCUT2D eigenvalue weighted by atomic mass is 10.2. The van der Waals surface area contributed by atoms with Gasteiger partial charge in [-0.2, -0.15) is 0 Å². The topological polar surface area (TPSA) is 50.7 Å². The van der Waals surface area contributed by atoms with Crippen molar-refractivity contribution in [3.8, 4) is 5.75 Å². The number of benzene rings is 3. The third-order valence-corrected chi connectivity index (χ3v) is 7.59. The molecule has 0 atom stereocenters. The number of amidine groups is 1. The van der Waals surface area contributed by atoms with Crippen LogP contribution >= 0.6 is 74.1 Å². The van der Waals surface area contributed by atoms with E-state index in [0.29, 0.717) is 46.1 Å². The molecule has 1 amide bonds. The van der Waals surface area contributed by atoms with Gasteiger partial charge in [-0.15, -0.1) is 0 Å². The Morgan fingerprint density at radius 3 is 2.59 bits per heavy atom. The Kier molecular flexibility index (Phi) is 8.18. The first-order valence-corrected chi connectivity index (χ1v) is 12.9. The second-order valence-corrected chi connectivity index (χ2v) is 10.7. The number of carbonyl (C=O) groups is 1. The van der Waals surface area contributed by atoms with E-state index >= 15 is 0 Å². The quantitative estimate of drug-likeness (QED) is 0.291. The van der Waals surface area contributed by atoms with Crippen LogP contribution in [-0.4, -0.2) is 11.1 Å². The molecule has 1 saturated heterocycles. The summed E-state index contributed by atoms with van der Waals surface area (Å²) in [5, 5.41) is 5.32. The molecule has 34 heavy (non-hydrogen) atoms. The van der Waals surface area contributed by atoms with Crippen molar-refractivity contribution in [1.82, 2.24) is 5.32 Å². The Hall–Kier alpha value is -1.67. The smallest absolute Gasteiger partial charge is 0.264 e. The van der Waals surface area contributed by atoms with Crippen molar-refractivity contribution >= 4 is 96.9 Å². The molecule has 1 aliphatic heterocycles. The normalized spacial score (nSPS) is 15.8. The fraction of sp³-hybridized carbons (Fsp3) is 0.0833. The SMILES string of the molecule is Cc1c(Cl)cccc1N=C1NC(=O)/C(=C\c2cc(Cl)c(OCc3ccc(Cl)cc3Cl)c(Br)c2)S1. The van der Waals surface area contributed by atoms with Gasteiger partial charge in [0.25, 0.3) is 5.91 Å². The summed E-state index contributed by atoms with van der Waals surface area (Å²) in [6, 6.07) is 14.2. The van der Waals surface area contributed by atoms with E-state index in [9.17, 15) is 4.79 Å². The molecular weight excluding hydrogens is 602 g/mol. The van der Waals surface area contributed by atoms with Gasteiger partial charge in [-0.3, -0.25) is 4.79 Å². The minimum Gasteiger partial charge on any atom is -0.486 e. The maximum absolute atomic E-state index is 12.5. The highest BCUT2D eigenvalue weighted by atomic mass is 79.9. The lowest BCUT2D eigenvalue weighted by molar-refractivity contribution is -0.115. The predicted octanol–water partition coefficient (Wildman–Crippen LogP) is 8.84. The second kappa shape index (κ2) is 10.9. The van der Waals surface area contributed by atoms with Crippen LogP contribution in [-0.2, 0) is 11.4 Å². The number of carbonyl (C=O) groups excluding carboxylic acids is 1. The van der Waals surface area contributed by atoms with Gasteiger partial charge in [0.1, 0.15) is 6.61 Å². The van der Waals surface area contributed by atoms with Crippen LogP contribution in [0.2, 0.25) is 20.1 Å². The number of amides is 1. The van der Waals surface area contributed by atoms with Crippen molar-refractivity contribution in [2.45, 2.75) is 13.5 Å². The van der Waals surface area contributed by atoms with Crippen LogP contribution in [0.4, 0.5) is 5.69 Å². The zero-order valence-electron chi connectivity index (χ0n) is 17.5. The molecule has 0 spiro atoms. The predicted molar refractivity (Wildman–Crippen MR) is 147 cm³/mol. The molecule has 4 nitrogen and oxygen atoms in total. The minimum atomic E-state index is -0.242. The van der Waals surface area contributed by atoms with Crippen molar-refractivity contribution in [3.63, 3.8) is 0 Å². The summed E-state index contributed by atoms with van der Waals surface area (Å²) in [4.78, 5) is 17.5. The zero-order valence-corrected chi connectivity index (χ0v) is 22.9. The largest absolute Gasteiger partial charge is 0.486 e. The van der Waals surface area contributed by atoms with E-state index in [0.717, 1.165) is 16.7 Å². The van der Waals surface area contributed by atoms with E-state index in [1.807, 2.05) is 25.1 Å². The van der Waals surface area contributed by atoms with Crippen molar-refractivity contribution in [3.05, 3.63) is 94.7 Å². The fourth-order valence-electron chi connectivity index (χ4n) is 3.05. The molecule has 0 aromatic heterocycles. The van der Waals surface area contributed by atoms with E-state index in [1.54, 1.807) is 36.4 Å². The molecule has 4 rings (SSSR count). The zero-order chi connectivity index (χ0) is 24.4. The third-order valence-electron chi connectivity index (χ3n) is 4.82. The fourth-order valence-corrected chi connectivity index (χ4v) is 5.50. The molecule has 10 heteroatoms. The van der Waals surface area contributed by atoms with Gasteiger partial charge in [0.15, 0.2) is 10.9 Å². The highest BCUT2D eigenvalue weighted by Gasteiger charge is 2.24. The minimum absolute atomic E-state index is 0.218. The summed E-state index contributed by atoms with van der Waals surface area (Å²) >= 11 is 29.5. The molecule has 0 bridgehead atoms. The van der Waals surface area contributed by atoms with Crippen LogP contribution in [0.1, 0.15) is 16.7 Å². The molecule has 0 aliphatic carbocycles. The Labute approximate surface area is 229 Å². The molecule has 174 valence electrons. The summed E-state index contributed by atoms with van der Waals surface area (Å²) in [6.07, 6.45) is 1.74. The Bertz CT molecular complexity index is 1340. The van der Waals surface area contributed by atoms with Crippen molar-refractivity contribution < 1.29 is 9.53 Å². The highest BCUT2D eigenvalue weighted by Crippen LogP contribution is 2.37. The van der Waals surface area contributed by atoms with E-state index in [4.69, 9.17) is 51.1 Å². The summed E-state index contributed by atoms with van der Waals surface area (Å²) < 4.78 is 6.53. The van der Waals surface area contributed by atoms with Crippen LogP contribution in [0.15, 0.2) is 62.9 Å². The number of nitrogens with one attached hydrogen (secondary N) is 1. The maximum Gasteiger partial charge on any atom is 0.264 e. The molecule has 1 heterocycles. The second-order valence-electron chi connectivity index (χ2n) is 7.20. The van der Waals surface area contributed by atoms with Gasteiger partial charge >= 0.3 is 0 Å². The number of ether oxygens (including phenoxy) is 1. The van der Waals surface area contributed by atoms with E-state index < -0.39 is 0 Å². The first-order chi connectivity index (χ1) is 16.2. The van der Waals surface area contributed by atoms with Crippen LogP contribution < -0.4 is 10.1 Å². The van der Waals surface area contributed by atoms with Gasteiger partial charge in [-0.1, -0.05) is 58.5 Å². The van der Waals surface area contributed by atoms with E-state index in [-0.39, 0.29) is 12.5 Å². The Morgan fingerprint density at radius 1 is 1.06 bits per heavy atom. The number of aliphatic imine (C=N–C) groups is 1. The molecule has 0 unspecified atom stereocenters. The first kappa shape index (κ1) is 25.4. The maximum atomic E-state index is 12.5. The summed E-state index contributed by atoms with van der Waals surface area (Å²) in [6.45, 7) is 2.10. The van der Waals surface area contributed by atoms with Crippen molar-refractivity contribution in [2.75, 3.05) is 0 Å². The third kappa shape index (κ3) is 5.93. The molecule has 0 saturated carbocycles. The van der Waals surface area contributed by atoms with Gasteiger partial charge in [-0.25, -0.2) is 4.99 Å². The summed E-state index contributed by atoms with van der Waals surface area (Å²) in [5.41, 5.74) is 3.05. The van der Waals surface area contributed by atoms with Crippen LogP contribution in [0.5, 0.6) is 5.75 Å². The van der Waals surface area contributed by atoms with Crippen LogP contribution in [0.3, 0.4) is 0 Å². The van der Waals surface area contributed by atoms with Crippen LogP contribution in [0, 0.1) is 6.92 Å². The van der Waals surface area contributed by atoms with Gasteiger partial charge in [0, 0.05) is 20.6 Å². The lowest BCUT2D eigenvalue weighted by Crippen LogP contribution is -2.19. The summed E-state index contributed by atoms with van der Waals surface area (Å²) in [7, 11) is 0. The Morgan fingerprint density at radius 2 is 1.85 bits per heavy atom. The molecule has 3 aromatic carbocycles. The van der Waals surface area contributed by atoms with Gasteiger partial charge in [0.05, 0.1) is 20.1 Å². The number of rotatable bonds is 5. The van der Waals surface area contributed by atoms with E-state index in [2.05, 4.69) is 26.2 Å². The van der Waals surface area contributed by atoms with Crippen molar-refractivity contribution in [1.29, 1.82) is 0 Å². The molecule has 1 N–H and O–H groups in total. The highest BCUT2D eigenvalue weighted by molar-refractivity contribution is 9.10. The number of hydrogen-bond donors (Lipinski definition) is 1. The number of nitrogens with zero attached hydrogens (tertiary/aromatic N) is 1. The average Bonchev–Trinajstić information content (AvgIpc) is 3.10. The molecule has 1 aliphatic rings.